The van der Waals surface area contributed by atoms with Gasteiger partial charge in [0.15, 0.2) is 0 Å². The minimum absolute atomic E-state index is 0.271. The normalized spacial score (nSPS) is 10.2. The van der Waals surface area contributed by atoms with Gasteiger partial charge in [-0.05, 0) is 23.6 Å². The molecule has 0 amide bonds. The fraction of sp³-hybridized carbons (Fsp3) is 0.300. The first-order chi connectivity index (χ1) is 6.06. The van der Waals surface area contributed by atoms with Crippen molar-refractivity contribution < 1.29 is 0 Å². The van der Waals surface area contributed by atoms with Crippen LogP contribution in [0.5, 0.6) is 0 Å². The third kappa shape index (κ3) is 2.15. The van der Waals surface area contributed by atoms with Gasteiger partial charge in [-0.15, -0.1) is 0 Å². The Balaban J connectivity index is 3.33. The maximum Gasteiger partial charge on any atom is 0.0992 e. The van der Waals surface area contributed by atoms with E-state index in [9.17, 15) is 0 Å². The zero-order valence-corrected chi connectivity index (χ0v) is 8.95. The van der Waals surface area contributed by atoms with Crippen molar-refractivity contribution in [2.45, 2.75) is 19.8 Å². The molecule has 0 bridgehead atoms. The van der Waals surface area contributed by atoms with E-state index >= 15 is 0 Å². The average Bonchev–Trinajstić information content (AvgIpc) is 2.02. The molecule has 0 saturated carbocycles. The van der Waals surface area contributed by atoms with Crippen molar-refractivity contribution in [2.24, 2.45) is 0 Å². The number of hydrogen-bond acceptors (Lipinski definition) is 1. The molecule has 0 aliphatic carbocycles. The second-order valence-electron chi connectivity index (χ2n) is 3.12. The lowest BCUT2D eigenvalue weighted by Crippen LogP contribution is -1.91. The summed E-state index contributed by atoms with van der Waals surface area (Å²) in [7, 11) is 0. The molecule has 0 heterocycles. The zero-order valence-electron chi connectivity index (χ0n) is 7.44. The van der Waals surface area contributed by atoms with Crippen molar-refractivity contribution in [2.75, 3.05) is 0 Å². The summed E-state index contributed by atoms with van der Waals surface area (Å²) in [6.45, 7) is 4.03. The van der Waals surface area contributed by atoms with E-state index in [0.717, 1.165) is 5.56 Å². The van der Waals surface area contributed by atoms with Crippen molar-refractivity contribution in [1.29, 1.82) is 5.26 Å². The molecule has 3 heteroatoms. The fourth-order valence-electron chi connectivity index (χ4n) is 1.20. The van der Waals surface area contributed by atoms with E-state index in [1.165, 1.54) is 0 Å². The number of nitrogens with zero attached hydrogens (tertiary/aromatic N) is 1. The lowest BCUT2D eigenvalue weighted by molar-refractivity contribution is 0.867. The van der Waals surface area contributed by atoms with Crippen LogP contribution < -0.4 is 0 Å². The van der Waals surface area contributed by atoms with Crippen molar-refractivity contribution in [3.63, 3.8) is 0 Å². The van der Waals surface area contributed by atoms with Crippen LogP contribution in [0.4, 0.5) is 0 Å². The summed E-state index contributed by atoms with van der Waals surface area (Å²) in [4.78, 5) is 0. The minimum Gasteiger partial charge on any atom is -0.192 e. The van der Waals surface area contributed by atoms with Crippen molar-refractivity contribution >= 4 is 23.2 Å². The Morgan fingerprint density at radius 2 is 1.69 bits per heavy atom. The molecule has 1 aromatic carbocycles. The summed E-state index contributed by atoms with van der Waals surface area (Å²) in [5.74, 6) is 0.271. The van der Waals surface area contributed by atoms with Gasteiger partial charge in [0.25, 0.3) is 0 Å². The monoisotopic (exact) mass is 213 g/mol. The number of halogens is 2. The van der Waals surface area contributed by atoms with Crippen LogP contribution in [0.25, 0.3) is 0 Å². The maximum atomic E-state index is 8.65. The van der Waals surface area contributed by atoms with Gasteiger partial charge in [-0.2, -0.15) is 5.26 Å². The lowest BCUT2D eigenvalue weighted by Gasteiger charge is -2.10. The Bertz CT molecular complexity index is 341. The number of rotatable bonds is 1. The molecule has 68 valence electrons. The quantitative estimate of drug-likeness (QED) is 0.693. The van der Waals surface area contributed by atoms with Gasteiger partial charge in [0.05, 0.1) is 11.6 Å². The molecule has 0 aromatic heterocycles. The molecule has 1 aromatic rings. The van der Waals surface area contributed by atoms with Gasteiger partial charge >= 0.3 is 0 Å². The average molecular weight is 214 g/mol. The van der Waals surface area contributed by atoms with Gasteiger partial charge in [0.1, 0.15) is 0 Å². The molecular weight excluding hydrogens is 205 g/mol. The van der Waals surface area contributed by atoms with Crippen LogP contribution in [0.15, 0.2) is 12.1 Å². The Kier molecular flexibility index (Phi) is 3.19. The third-order valence-corrected chi connectivity index (χ3v) is 2.41. The number of benzene rings is 1. The molecule has 0 unspecified atom stereocenters. The van der Waals surface area contributed by atoms with Gasteiger partial charge in [0.2, 0.25) is 0 Å². The number of hydrogen-bond donors (Lipinski definition) is 0. The van der Waals surface area contributed by atoms with Crippen molar-refractivity contribution in [3.8, 4) is 6.07 Å². The van der Waals surface area contributed by atoms with E-state index in [1.807, 2.05) is 19.9 Å². The van der Waals surface area contributed by atoms with Gasteiger partial charge < -0.3 is 0 Å². The molecule has 0 radical (unpaired) electrons. The number of nitriles is 1. The van der Waals surface area contributed by atoms with Gasteiger partial charge in [0, 0.05) is 10.0 Å². The van der Waals surface area contributed by atoms with Crippen LogP contribution in [0.3, 0.4) is 0 Å². The fourth-order valence-corrected chi connectivity index (χ4v) is 2.12. The van der Waals surface area contributed by atoms with Crippen LogP contribution in [-0.2, 0) is 0 Å². The molecule has 0 N–H and O–H groups in total. The first kappa shape index (κ1) is 10.4. The Morgan fingerprint density at radius 3 is 2.00 bits per heavy atom. The lowest BCUT2D eigenvalue weighted by atomic mass is 10.0. The van der Waals surface area contributed by atoms with E-state index in [1.54, 1.807) is 12.1 Å². The largest absolute Gasteiger partial charge is 0.192 e. The summed E-state index contributed by atoms with van der Waals surface area (Å²) >= 11 is 11.9. The second-order valence-corrected chi connectivity index (χ2v) is 3.93. The predicted molar refractivity (Wildman–Crippen MR) is 55.3 cm³/mol. The summed E-state index contributed by atoms with van der Waals surface area (Å²) in [6, 6.07) is 5.29. The standard InChI is InChI=1S/C10H9Cl2N/c1-6(2)10-8(11)3-7(5-13)4-9(10)12/h3-4,6H,1-2H3. The van der Waals surface area contributed by atoms with Crippen LogP contribution in [0.2, 0.25) is 10.0 Å². The molecule has 1 rings (SSSR count). The topological polar surface area (TPSA) is 23.8 Å². The molecule has 0 fully saturated rings. The molecule has 0 saturated heterocycles. The Labute approximate surface area is 87.9 Å². The zero-order chi connectivity index (χ0) is 10.0. The highest BCUT2D eigenvalue weighted by molar-refractivity contribution is 6.36. The second kappa shape index (κ2) is 4.00. The summed E-state index contributed by atoms with van der Waals surface area (Å²) in [5.41, 5.74) is 1.40. The summed E-state index contributed by atoms with van der Waals surface area (Å²) in [5, 5.41) is 9.79. The van der Waals surface area contributed by atoms with Crippen molar-refractivity contribution in [1.82, 2.24) is 0 Å². The van der Waals surface area contributed by atoms with Gasteiger partial charge in [-0.1, -0.05) is 37.0 Å². The molecule has 1 nitrogen and oxygen atoms in total. The van der Waals surface area contributed by atoms with Crippen LogP contribution in [0.1, 0.15) is 30.9 Å². The van der Waals surface area contributed by atoms with E-state index < -0.39 is 0 Å². The third-order valence-electron chi connectivity index (χ3n) is 1.79. The molecule has 0 aliphatic heterocycles. The smallest absolute Gasteiger partial charge is 0.0992 e. The molecule has 0 aliphatic rings. The SMILES string of the molecule is CC(C)c1c(Cl)cc(C#N)cc1Cl. The molecule has 0 spiro atoms. The predicted octanol–water partition coefficient (Wildman–Crippen LogP) is 3.99. The van der Waals surface area contributed by atoms with Crippen molar-refractivity contribution in [3.05, 3.63) is 33.3 Å². The minimum atomic E-state index is 0.271. The van der Waals surface area contributed by atoms with Crippen LogP contribution in [0, 0.1) is 11.3 Å². The molecule has 13 heavy (non-hydrogen) atoms. The van der Waals surface area contributed by atoms with Crippen LogP contribution in [-0.4, -0.2) is 0 Å². The Hall–Kier alpha value is -0.710. The van der Waals surface area contributed by atoms with Gasteiger partial charge in [-0.25, -0.2) is 0 Å². The van der Waals surface area contributed by atoms with E-state index in [4.69, 9.17) is 28.5 Å². The van der Waals surface area contributed by atoms with E-state index in [2.05, 4.69) is 0 Å². The van der Waals surface area contributed by atoms with E-state index in [-0.39, 0.29) is 5.92 Å². The molecule has 0 atom stereocenters. The van der Waals surface area contributed by atoms with Gasteiger partial charge in [-0.3, -0.25) is 0 Å². The highest BCUT2D eigenvalue weighted by Gasteiger charge is 2.11. The maximum absolute atomic E-state index is 8.65. The molecular formula is C10H9Cl2N. The first-order valence-electron chi connectivity index (χ1n) is 3.95. The highest BCUT2D eigenvalue weighted by atomic mass is 35.5. The Morgan fingerprint density at radius 1 is 1.23 bits per heavy atom. The van der Waals surface area contributed by atoms with E-state index in [0.29, 0.717) is 15.6 Å². The highest BCUT2D eigenvalue weighted by Crippen LogP contribution is 2.32. The summed E-state index contributed by atoms with van der Waals surface area (Å²) in [6.07, 6.45) is 0. The van der Waals surface area contributed by atoms with Crippen LogP contribution >= 0.6 is 23.2 Å². The summed E-state index contributed by atoms with van der Waals surface area (Å²) < 4.78 is 0. The first-order valence-corrected chi connectivity index (χ1v) is 4.71.